The maximum absolute atomic E-state index is 12.7. The van der Waals surface area contributed by atoms with Crippen LogP contribution in [0.2, 0.25) is 0 Å². The standard InChI is InChI=1S/C34H42O19/c1-45-17-9-15(10-18(46-2)25(17)38)5-7-23(36)52-32-28(41)21(13-35)50-33(31(32)44)49-14-22-27(40)29(42)30(43)34(51-22)53-24(37)8-6-16-11-19(47-3)26(39)20(12-16)48-4/h5-12,21-22,27-35,38-44H,13-14H2,1-4H3/b7-5+,8-6+/t21-,22-,27-,28-,29+,30-,31-,32+,33+,34+/m1/s1. The van der Waals surface area contributed by atoms with Gasteiger partial charge in [0.15, 0.2) is 35.4 Å². The van der Waals surface area contributed by atoms with Crippen LogP contribution >= 0.6 is 0 Å². The molecule has 0 saturated carbocycles. The van der Waals surface area contributed by atoms with Gasteiger partial charge in [-0.2, -0.15) is 0 Å². The number of aliphatic hydroxyl groups excluding tert-OH is 6. The number of aliphatic hydroxyl groups is 6. The smallest absolute Gasteiger partial charge is 0.333 e. The highest BCUT2D eigenvalue weighted by molar-refractivity contribution is 5.88. The van der Waals surface area contributed by atoms with E-state index in [2.05, 4.69) is 0 Å². The highest BCUT2D eigenvalue weighted by Gasteiger charge is 2.49. The number of carbonyl (C=O) groups is 2. The summed E-state index contributed by atoms with van der Waals surface area (Å²) in [6.07, 6.45) is -12.9. The van der Waals surface area contributed by atoms with E-state index in [9.17, 15) is 50.4 Å². The third-order valence-corrected chi connectivity index (χ3v) is 8.23. The molecule has 0 aliphatic carbocycles. The Morgan fingerprint density at radius 1 is 0.623 bits per heavy atom. The Bertz CT molecular complexity index is 1580. The van der Waals surface area contributed by atoms with E-state index in [0.29, 0.717) is 11.1 Å². The molecule has 2 heterocycles. The van der Waals surface area contributed by atoms with Crippen molar-refractivity contribution in [3.05, 3.63) is 47.5 Å². The van der Waals surface area contributed by atoms with Gasteiger partial charge in [0.2, 0.25) is 17.8 Å². The summed E-state index contributed by atoms with van der Waals surface area (Å²) in [7, 11) is 5.27. The number of carbonyl (C=O) groups excluding carboxylic acids is 2. The number of hydrogen-bond acceptors (Lipinski definition) is 19. The van der Waals surface area contributed by atoms with Crippen LogP contribution < -0.4 is 18.9 Å². The van der Waals surface area contributed by atoms with Crippen LogP contribution in [0, 0.1) is 0 Å². The lowest BCUT2D eigenvalue weighted by Crippen LogP contribution is -2.62. The number of benzene rings is 2. The van der Waals surface area contributed by atoms with Gasteiger partial charge >= 0.3 is 11.9 Å². The van der Waals surface area contributed by atoms with Crippen LogP contribution in [0.3, 0.4) is 0 Å². The molecule has 2 saturated heterocycles. The largest absolute Gasteiger partial charge is 0.502 e. The molecule has 19 nitrogen and oxygen atoms in total. The second-order valence-corrected chi connectivity index (χ2v) is 11.6. The van der Waals surface area contributed by atoms with Gasteiger partial charge in [0.05, 0.1) is 41.7 Å². The molecule has 10 atom stereocenters. The number of phenols is 2. The molecule has 0 spiro atoms. The van der Waals surface area contributed by atoms with Crippen LogP contribution in [0.4, 0.5) is 0 Å². The van der Waals surface area contributed by atoms with E-state index >= 15 is 0 Å². The molecular weight excluding hydrogens is 712 g/mol. The summed E-state index contributed by atoms with van der Waals surface area (Å²) < 4.78 is 47.2. The molecule has 292 valence electrons. The Balaban J connectivity index is 1.40. The first kappa shape index (κ1) is 41.1. The van der Waals surface area contributed by atoms with Crippen LogP contribution in [-0.4, -0.2) is 156 Å². The summed E-state index contributed by atoms with van der Waals surface area (Å²) >= 11 is 0. The number of aromatic hydroxyl groups is 2. The Hall–Kier alpha value is -4.70. The fourth-order valence-corrected chi connectivity index (χ4v) is 5.35. The van der Waals surface area contributed by atoms with Gasteiger partial charge in [0.1, 0.15) is 42.7 Å². The molecule has 0 radical (unpaired) electrons. The van der Waals surface area contributed by atoms with Gasteiger partial charge in [0.25, 0.3) is 0 Å². The molecule has 0 aromatic heterocycles. The van der Waals surface area contributed by atoms with Crippen molar-refractivity contribution in [2.45, 2.75) is 61.4 Å². The summed E-state index contributed by atoms with van der Waals surface area (Å²) in [5.41, 5.74) is 0.712. The molecule has 19 heteroatoms. The average Bonchev–Trinajstić information content (AvgIpc) is 3.15. The van der Waals surface area contributed by atoms with E-state index in [4.69, 9.17) is 42.6 Å². The maximum atomic E-state index is 12.7. The van der Waals surface area contributed by atoms with Crippen molar-refractivity contribution >= 4 is 24.1 Å². The lowest BCUT2D eigenvalue weighted by Gasteiger charge is -2.43. The normalized spacial score (nSPS) is 28.8. The number of hydrogen-bond donors (Lipinski definition) is 8. The van der Waals surface area contributed by atoms with Crippen LogP contribution in [0.1, 0.15) is 11.1 Å². The second kappa shape index (κ2) is 18.4. The van der Waals surface area contributed by atoms with Gasteiger partial charge in [-0.1, -0.05) is 0 Å². The summed E-state index contributed by atoms with van der Waals surface area (Å²) in [5.74, 6) is -2.37. The third-order valence-electron chi connectivity index (χ3n) is 8.23. The molecule has 2 aromatic rings. The minimum absolute atomic E-state index is 0.0576. The number of methoxy groups -OCH3 is 4. The van der Waals surface area contributed by atoms with Crippen molar-refractivity contribution in [3.8, 4) is 34.5 Å². The molecule has 4 rings (SSSR count). The van der Waals surface area contributed by atoms with E-state index in [-0.39, 0.29) is 34.5 Å². The Labute approximate surface area is 302 Å². The molecule has 2 aliphatic heterocycles. The van der Waals surface area contributed by atoms with Gasteiger partial charge in [-0.25, -0.2) is 9.59 Å². The van der Waals surface area contributed by atoms with Gasteiger partial charge < -0.3 is 83.5 Å². The first-order chi connectivity index (χ1) is 25.3. The van der Waals surface area contributed by atoms with E-state index in [0.717, 1.165) is 12.2 Å². The molecule has 8 N–H and O–H groups in total. The van der Waals surface area contributed by atoms with Crippen molar-refractivity contribution in [3.63, 3.8) is 0 Å². The zero-order valence-corrected chi connectivity index (χ0v) is 28.9. The van der Waals surface area contributed by atoms with Gasteiger partial charge in [-0.15, -0.1) is 0 Å². The molecule has 0 amide bonds. The molecule has 0 bridgehead atoms. The van der Waals surface area contributed by atoms with Gasteiger partial charge in [-0.05, 0) is 47.5 Å². The summed E-state index contributed by atoms with van der Waals surface area (Å²) in [4.78, 5) is 25.3. The lowest BCUT2D eigenvalue weighted by atomic mass is 9.98. The van der Waals surface area contributed by atoms with Crippen LogP contribution in [-0.2, 0) is 33.3 Å². The predicted molar refractivity (Wildman–Crippen MR) is 177 cm³/mol. The number of esters is 2. The van der Waals surface area contributed by atoms with Crippen molar-refractivity contribution in [1.29, 1.82) is 0 Å². The highest BCUT2D eigenvalue weighted by Crippen LogP contribution is 2.38. The number of phenolic OH excluding ortho intramolecular Hbond substituents is 2. The Morgan fingerprint density at radius 2 is 1.08 bits per heavy atom. The summed E-state index contributed by atoms with van der Waals surface area (Å²) in [6, 6.07) is 5.60. The fourth-order valence-electron chi connectivity index (χ4n) is 5.35. The number of rotatable bonds is 14. The average molecular weight is 755 g/mol. The first-order valence-electron chi connectivity index (χ1n) is 15.9. The van der Waals surface area contributed by atoms with Gasteiger partial charge in [-0.3, -0.25) is 0 Å². The zero-order valence-electron chi connectivity index (χ0n) is 28.9. The second-order valence-electron chi connectivity index (χ2n) is 11.6. The van der Waals surface area contributed by atoms with E-state index < -0.39 is 86.6 Å². The quantitative estimate of drug-likeness (QED) is 0.0811. The van der Waals surface area contributed by atoms with E-state index in [1.807, 2.05) is 0 Å². The first-order valence-corrected chi connectivity index (χ1v) is 15.9. The van der Waals surface area contributed by atoms with Crippen molar-refractivity contribution in [2.24, 2.45) is 0 Å². The Kier molecular flexibility index (Phi) is 14.2. The minimum atomic E-state index is -1.90. The Morgan fingerprint density at radius 3 is 1.53 bits per heavy atom. The molecule has 53 heavy (non-hydrogen) atoms. The van der Waals surface area contributed by atoms with Crippen LogP contribution in [0.25, 0.3) is 12.2 Å². The zero-order chi connectivity index (χ0) is 39.0. The van der Waals surface area contributed by atoms with E-state index in [1.165, 1.54) is 64.9 Å². The topological polar surface area (TPSA) is 279 Å². The van der Waals surface area contributed by atoms with Crippen LogP contribution in [0.5, 0.6) is 34.5 Å². The summed E-state index contributed by atoms with van der Waals surface area (Å²) in [6.45, 7) is -1.48. The van der Waals surface area contributed by atoms with E-state index in [1.54, 1.807) is 0 Å². The minimum Gasteiger partial charge on any atom is -0.502 e. The highest BCUT2D eigenvalue weighted by atomic mass is 16.7. The van der Waals surface area contributed by atoms with Crippen LogP contribution in [0.15, 0.2) is 36.4 Å². The van der Waals surface area contributed by atoms with Crippen molar-refractivity contribution in [2.75, 3.05) is 41.7 Å². The molecule has 0 unspecified atom stereocenters. The third kappa shape index (κ3) is 9.65. The predicted octanol–water partition coefficient (Wildman–Crippen LogP) is -1.42. The summed E-state index contributed by atoms with van der Waals surface area (Å²) in [5, 5.41) is 83.1. The SMILES string of the molecule is COc1cc(/C=C/C(=O)O[C@@H]2O[C@H](CO[C@H]3O[C@H](CO)[C@@H](O)[C@H](OC(=O)/C=C/c4cc(OC)c(O)c(OC)c4)[C@H]3O)[C@@H](O)[C@H](O)[C@H]2O)cc(OC)c1O. The van der Waals surface area contributed by atoms with Crippen molar-refractivity contribution < 1.29 is 93.1 Å². The maximum Gasteiger partial charge on any atom is 0.333 e. The molecule has 2 fully saturated rings. The fraction of sp³-hybridized carbons (Fsp3) is 0.471. The molecular formula is C34H42O19. The monoisotopic (exact) mass is 754 g/mol. The lowest BCUT2D eigenvalue weighted by molar-refractivity contribution is -0.327. The molecule has 2 aliphatic rings. The van der Waals surface area contributed by atoms with Crippen molar-refractivity contribution in [1.82, 2.24) is 0 Å². The number of ether oxygens (including phenoxy) is 9. The van der Waals surface area contributed by atoms with Gasteiger partial charge in [0, 0.05) is 12.2 Å². The molecule has 2 aromatic carbocycles.